The van der Waals surface area contributed by atoms with Gasteiger partial charge in [0.05, 0.1) is 19.3 Å². The highest BCUT2D eigenvalue weighted by atomic mass is 16.6. The average molecular weight is 328 g/mol. The standard InChI is InChI=1S/C18H36N2O3/c1-6-7-8-9-10-15(2)19-13-16-14-22-12-11-20(16)17(21)23-18(3,4)5/h15-16,19H,6-14H2,1-5H3. The molecule has 2 atom stereocenters. The summed E-state index contributed by atoms with van der Waals surface area (Å²) in [6.07, 6.45) is 6.10. The molecule has 0 saturated carbocycles. The fourth-order valence-corrected chi connectivity index (χ4v) is 2.70. The van der Waals surface area contributed by atoms with Gasteiger partial charge in [0.1, 0.15) is 5.60 Å². The van der Waals surface area contributed by atoms with Crippen LogP contribution in [0.3, 0.4) is 0 Å². The zero-order valence-corrected chi connectivity index (χ0v) is 15.7. The molecule has 5 nitrogen and oxygen atoms in total. The van der Waals surface area contributed by atoms with Gasteiger partial charge in [-0.25, -0.2) is 4.79 Å². The van der Waals surface area contributed by atoms with Crippen LogP contribution in [0.25, 0.3) is 0 Å². The van der Waals surface area contributed by atoms with Crippen LogP contribution in [0.1, 0.15) is 66.7 Å². The molecule has 2 unspecified atom stereocenters. The maximum atomic E-state index is 12.3. The van der Waals surface area contributed by atoms with Crippen molar-refractivity contribution in [2.75, 3.05) is 26.3 Å². The number of rotatable bonds is 8. The highest BCUT2D eigenvalue weighted by Gasteiger charge is 2.30. The van der Waals surface area contributed by atoms with E-state index in [1.807, 2.05) is 25.7 Å². The molecule has 1 saturated heterocycles. The molecule has 0 aromatic carbocycles. The van der Waals surface area contributed by atoms with Crippen molar-refractivity contribution in [3.63, 3.8) is 0 Å². The van der Waals surface area contributed by atoms with E-state index in [-0.39, 0.29) is 12.1 Å². The number of hydrogen-bond donors (Lipinski definition) is 1. The lowest BCUT2D eigenvalue weighted by Gasteiger charge is -2.37. The van der Waals surface area contributed by atoms with Crippen LogP contribution in [0.5, 0.6) is 0 Å². The molecule has 0 aromatic rings. The molecule has 5 heteroatoms. The van der Waals surface area contributed by atoms with E-state index in [9.17, 15) is 4.79 Å². The lowest BCUT2D eigenvalue weighted by atomic mass is 10.1. The van der Waals surface area contributed by atoms with Crippen LogP contribution in [-0.4, -0.2) is 55.0 Å². The van der Waals surface area contributed by atoms with Crippen molar-refractivity contribution in [2.24, 2.45) is 0 Å². The number of ether oxygens (including phenoxy) is 2. The smallest absolute Gasteiger partial charge is 0.410 e. The fraction of sp³-hybridized carbons (Fsp3) is 0.944. The molecule has 1 N–H and O–H groups in total. The molecular formula is C18H36N2O3. The van der Waals surface area contributed by atoms with Gasteiger partial charge >= 0.3 is 6.09 Å². The molecule has 0 aliphatic carbocycles. The number of nitrogens with one attached hydrogen (secondary N) is 1. The fourth-order valence-electron chi connectivity index (χ4n) is 2.70. The Balaban J connectivity index is 2.38. The monoisotopic (exact) mass is 328 g/mol. The Bertz CT molecular complexity index is 342. The van der Waals surface area contributed by atoms with Gasteiger partial charge in [-0.2, -0.15) is 0 Å². The maximum Gasteiger partial charge on any atom is 0.410 e. The van der Waals surface area contributed by atoms with Crippen molar-refractivity contribution >= 4 is 6.09 Å². The largest absolute Gasteiger partial charge is 0.444 e. The van der Waals surface area contributed by atoms with E-state index in [0.717, 1.165) is 6.54 Å². The van der Waals surface area contributed by atoms with Crippen molar-refractivity contribution in [3.8, 4) is 0 Å². The summed E-state index contributed by atoms with van der Waals surface area (Å²) >= 11 is 0. The van der Waals surface area contributed by atoms with Crippen LogP contribution in [0.4, 0.5) is 4.79 Å². The second kappa shape index (κ2) is 10.1. The Labute approximate surface area is 142 Å². The van der Waals surface area contributed by atoms with E-state index >= 15 is 0 Å². The maximum absolute atomic E-state index is 12.3. The van der Waals surface area contributed by atoms with Gasteiger partial charge in [0.2, 0.25) is 0 Å². The molecule has 23 heavy (non-hydrogen) atoms. The van der Waals surface area contributed by atoms with E-state index in [1.54, 1.807) is 0 Å². The van der Waals surface area contributed by atoms with Gasteiger partial charge in [0.15, 0.2) is 0 Å². The Morgan fingerprint density at radius 1 is 1.35 bits per heavy atom. The third-order valence-corrected chi connectivity index (χ3v) is 4.05. The van der Waals surface area contributed by atoms with Crippen molar-refractivity contribution in [2.45, 2.75) is 84.4 Å². The van der Waals surface area contributed by atoms with Crippen LogP contribution in [0.15, 0.2) is 0 Å². The third kappa shape index (κ3) is 8.56. The summed E-state index contributed by atoms with van der Waals surface area (Å²) in [6, 6.07) is 0.519. The van der Waals surface area contributed by atoms with E-state index in [1.165, 1.54) is 32.1 Å². The number of carbonyl (C=O) groups is 1. The topological polar surface area (TPSA) is 50.8 Å². The molecule has 1 aliphatic heterocycles. The summed E-state index contributed by atoms with van der Waals surface area (Å²) in [4.78, 5) is 14.1. The lowest BCUT2D eigenvalue weighted by Crippen LogP contribution is -2.54. The van der Waals surface area contributed by atoms with E-state index in [0.29, 0.717) is 25.8 Å². The van der Waals surface area contributed by atoms with Gasteiger partial charge in [-0.15, -0.1) is 0 Å². The summed E-state index contributed by atoms with van der Waals surface area (Å²) < 4.78 is 11.1. The molecule has 136 valence electrons. The number of amides is 1. The average Bonchev–Trinajstić information content (AvgIpc) is 2.48. The summed E-state index contributed by atoms with van der Waals surface area (Å²) in [5.74, 6) is 0. The first-order valence-corrected chi connectivity index (χ1v) is 9.14. The molecule has 1 aliphatic rings. The molecule has 0 spiro atoms. The van der Waals surface area contributed by atoms with E-state index in [2.05, 4.69) is 19.2 Å². The molecule has 1 fully saturated rings. The highest BCUT2D eigenvalue weighted by molar-refractivity contribution is 5.68. The Kier molecular flexibility index (Phi) is 8.92. The first-order chi connectivity index (χ1) is 10.8. The quantitative estimate of drug-likeness (QED) is 0.692. The SMILES string of the molecule is CCCCCCC(C)NCC1COCCN1C(=O)OC(C)(C)C. The first-order valence-electron chi connectivity index (χ1n) is 9.14. The second-order valence-corrected chi connectivity index (χ2v) is 7.56. The Morgan fingerprint density at radius 3 is 2.74 bits per heavy atom. The molecule has 1 amide bonds. The van der Waals surface area contributed by atoms with Crippen molar-refractivity contribution in [3.05, 3.63) is 0 Å². The summed E-state index contributed by atoms with van der Waals surface area (Å²) in [7, 11) is 0. The van der Waals surface area contributed by atoms with Gasteiger partial charge in [-0.1, -0.05) is 32.6 Å². The highest BCUT2D eigenvalue weighted by Crippen LogP contribution is 2.14. The summed E-state index contributed by atoms with van der Waals surface area (Å²) in [5, 5.41) is 3.55. The molecular weight excluding hydrogens is 292 g/mol. The number of nitrogens with zero attached hydrogens (tertiary/aromatic N) is 1. The zero-order valence-electron chi connectivity index (χ0n) is 15.7. The van der Waals surface area contributed by atoms with Gasteiger partial charge in [0, 0.05) is 19.1 Å². The molecule has 1 heterocycles. The lowest BCUT2D eigenvalue weighted by molar-refractivity contribution is -0.0321. The van der Waals surface area contributed by atoms with Gasteiger partial charge < -0.3 is 14.8 Å². The Hall–Kier alpha value is -0.810. The predicted molar refractivity (Wildman–Crippen MR) is 93.8 cm³/mol. The molecule has 1 rings (SSSR count). The zero-order chi connectivity index (χ0) is 17.3. The number of hydrogen-bond acceptors (Lipinski definition) is 4. The summed E-state index contributed by atoms with van der Waals surface area (Å²) in [6.45, 7) is 12.7. The van der Waals surface area contributed by atoms with Crippen molar-refractivity contribution in [1.82, 2.24) is 10.2 Å². The second-order valence-electron chi connectivity index (χ2n) is 7.56. The van der Waals surface area contributed by atoms with E-state index < -0.39 is 5.60 Å². The first kappa shape index (κ1) is 20.2. The third-order valence-electron chi connectivity index (χ3n) is 4.05. The number of morpholine rings is 1. The Morgan fingerprint density at radius 2 is 2.09 bits per heavy atom. The minimum atomic E-state index is -0.458. The van der Waals surface area contributed by atoms with Crippen LogP contribution in [0.2, 0.25) is 0 Å². The van der Waals surface area contributed by atoms with Gasteiger partial charge in [-0.05, 0) is 34.1 Å². The molecule has 0 radical (unpaired) electrons. The minimum absolute atomic E-state index is 0.0525. The van der Waals surface area contributed by atoms with Gasteiger partial charge in [0.25, 0.3) is 0 Å². The molecule has 0 bridgehead atoms. The van der Waals surface area contributed by atoms with Crippen LogP contribution < -0.4 is 5.32 Å². The minimum Gasteiger partial charge on any atom is -0.444 e. The van der Waals surface area contributed by atoms with Crippen molar-refractivity contribution in [1.29, 1.82) is 0 Å². The van der Waals surface area contributed by atoms with Crippen molar-refractivity contribution < 1.29 is 14.3 Å². The van der Waals surface area contributed by atoms with E-state index in [4.69, 9.17) is 9.47 Å². The van der Waals surface area contributed by atoms with Crippen LogP contribution >= 0.6 is 0 Å². The normalized spacial score (nSPS) is 20.4. The number of unbranched alkanes of at least 4 members (excludes halogenated alkanes) is 3. The predicted octanol–water partition coefficient (Wildman–Crippen LogP) is 3.57. The van der Waals surface area contributed by atoms with Gasteiger partial charge in [-0.3, -0.25) is 4.90 Å². The van der Waals surface area contributed by atoms with Crippen LogP contribution in [-0.2, 0) is 9.47 Å². The number of carbonyl (C=O) groups excluding carboxylic acids is 1. The van der Waals surface area contributed by atoms with Crippen LogP contribution in [0, 0.1) is 0 Å². The summed E-state index contributed by atoms with van der Waals surface area (Å²) in [5.41, 5.74) is -0.458. The molecule has 0 aromatic heterocycles.